The van der Waals surface area contributed by atoms with E-state index in [-0.39, 0.29) is 0 Å². The van der Waals surface area contributed by atoms with Crippen LogP contribution < -0.4 is 0 Å². The molecule has 0 saturated carbocycles. The maximum absolute atomic E-state index is 10.4. The van der Waals surface area contributed by atoms with Gasteiger partial charge in [0.15, 0.2) is 5.82 Å². The Morgan fingerprint density at radius 3 is 1.39 bits per heavy atom. The summed E-state index contributed by atoms with van der Waals surface area (Å²) in [5, 5.41) is 15.4. The van der Waals surface area contributed by atoms with E-state index < -0.39 is 0 Å². The number of fused-ring (bicyclic) bond motifs is 6. The van der Waals surface area contributed by atoms with Crippen LogP contribution >= 0.6 is 0 Å². The first-order valence-electron chi connectivity index (χ1n) is 21.5. The Kier molecular flexibility index (Phi) is 8.81. The molecule has 0 unspecified atom stereocenters. The number of hydrogen-bond donors (Lipinski definition) is 0. The Balaban J connectivity index is 0.863. The molecule has 0 aliphatic carbocycles. The SMILES string of the molecule is N#Cc1cc(-c2ccc(-n3c4ccccc4c4cc(-n5c6ccccc6c6ccccc65)ccc43)cc2)ccc1-c1ccc(-c2cc(-c3ccccc3)nc(-c3ccccc3)n2)cc1. The number of rotatable bonds is 7. The van der Waals surface area contributed by atoms with Gasteiger partial charge in [-0.3, -0.25) is 0 Å². The van der Waals surface area contributed by atoms with Gasteiger partial charge in [0.1, 0.15) is 0 Å². The lowest BCUT2D eigenvalue weighted by molar-refractivity contribution is 1.17. The highest BCUT2D eigenvalue weighted by Crippen LogP contribution is 2.38. The monoisotopic (exact) mass is 815 g/mol. The molecule has 3 heterocycles. The van der Waals surface area contributed by atoms with Crippen molar-refractivity contribution in [3.05, 3.63) is 230 Å². The van der Waals surface area contributed by atoms with Crippen LogP contribution in [0.3, 0.4) is 0 Å². The van der Waals surface area contributed by atoms with E-state index in [0.717, 1.165) is 72.7 Å². The molecule has 0 N–H and O–H groups in total. The third kappa shape index (κ3) is 6.24. The number of para-hydroxylation sites is 3. The molecular formula is C59H37N5. The summed E-state index contributed by atoms with van der Waals surface area (Å²) < 4.78 is 4.73. The lowest BCUT2D eigenvalue weighted by Crippen LogP contribution is -1.96. The summed E-state index contributed by atoms with van der Waals surface area (Å²) in [5.74, 6) is 0.677. The van der Waals surface area contributed by atoms with E-state index in [0.29, 0.717) is 11.4 Å². The molecule has 12 aromatic rings. The van der Waals surface area contributed by atoms with Crippen molar-refractivity contribution in [3.8, 4) is 73.6 Å². The van der Waals surface area contributed by atoms with Crippen molar-refractivity contribution in [2.45, 2.75) is 0 Å². The third-order valence-corrected chi connectivity index (χ3v) is 12.4. The van der Waals surface area contributed by atoms with Gasteiger partial charge in [0.25, 0.3) is 0 Å². The number of aromatic nitrogens is 4. The molecule has 298 valence electrons. The Hall–Kier alpha value is -8.85. The van der Waals surface area contributed by atoms with Crippen molar-refractivity contribution in [1.29, 1.82) is 5.26 Å². The zero-order valence-electron chi connectivity index (χ0n) is 34.6. The van der Waals surface area contributed by atoms with Crippen LogP contribution in [-0.4, -0.2) is 19.1 Å². The minimum absolute atomic E-state index is 0.621. The van der Waals surface area contributed by atoms with Gasteiger partial charge in [-0.1, -0.05) is 164 Å². The zero-order valence-corrected chi connectivity index (χ0v) is 34.6. The van der Waals surface area contributed by atoms with Crippen LogP contribution in [0.1, 0.15) is 5.56 Å². The Morgan fingerprint density at radius 2 is 0.781 bits per heavy atom. The van der Waals surface area contributed by atoms with Gasteiger partial charge in [0.05, 0.1) is 45.1 Å². The van der Waals surface area contributed by atoms with Crippen molar-refractivity contribution in [1.82, 2.24) is 19.1 Å². The highest BCUT2D eigenvalue weighted by molar-refractivity contribution is 6.12. The van der Waals surface area contributed by atoms with Gasteiger partial charge in [-0.2, -0.15) is 5.26 Å². The normalized spacial score (nSPS) is 11.4. The van der Waals surface area contributed by atoms with Gasteiger partial charge in [-0.05, 0) is 82.9 Å². The molecule has 5 nitrogen and oxygen atoms in total. The summed E-state index contributed by atoms with van der Waals surface area (Å²) in [6.07, 6.45) is 0. The fourth-order valence-electron chi connectivity index (χ4n) is 9.34. The Morgan fingerprint density at radius 1 is 0.328 bits per heavy atom. The van der Waals surface area contributed by atoms with E-state index >= 15 is 0 Å². The summed E-state index contributed by atoms with van der Waals surface area (Å²) >= 11 is 0. The van der Waals surface area contributed by atoms with Crippen LogP contribution in [0.25, 0.3) is 111 Å². The number of nitrogens with zero attached hydrogens (tertiary/aromatic N) is 5. The van der Waals surface area contributed by atoms with Crippen LogP contribution in [0.15, 0.2) is 224 Å². The molecule has 0 aliphatic heterocycles. The Bertz CT molecular complexity index is 3650. The predicted molar refractivity (Wildman–Crippen MR) is 263 cm³/mol. The van der Waals surface area contributed by atoms with Gasteiger partial charge in [0.2, 0.25) is 0 Å². The lowest BCUT2D eigenvalue weighted by Gasteiger charge is -2.12. The molecule has 5 heteroatoms. The second kappa shape index (κ2) is 15.3. The number of hydrogen-bond acceptors (Lipinski definition) is 3. The number of nitriles is 1. The van der Waals surface area contributed by atoms with E-state index in [9.17, 15) is 5.26 Å². The molecular weight excluding hydrogens is 779 g/mol. The largest absolute Gasteiger partial charge is 0.309 e. The van der Waals surface area contributed by atoms with Gasteiger partial charge in [-0.25, -0.2) is 9.97 Å². The van der Waals surface area contributed by atoms with E-state index in [1.54, 1.807) is 0 Å². The van der Waals surface area contributed by atoms with Crippen molar-refractivity contribution in [2.24, 2.45) is 0 Å². The molecule has 9 aromatic carbocycles. The summed E-state index contributed by atoms with van der Waals surface area (Å²) in [5.41, 5.74) is 16.1. The molecule has 0 aliphatic rings. The molecule has 0 spiro atoms. The van der Waals surface area contributed by atoms with Gasteiger partial charge >= 0.3 is 0 Å². The molecule has 3 aromatic heterocycles. The van der Waals surface area contributed by atoms with Crippen molar-refractivity contribution < 1.29 is 0 Å². The van der Waals surface area contributed by atoms with Crippen molar-refractivity contribution >= 4 is 43.6 Å². The van der Waals surface area contributed by atoms with Crippen LogP contribution in [0, 0.1) is 11.3 Å². The first-order valence-corrected chi connectivity index (χ1v) is 21.5. The average molecular weight is 816 g/mol. The highest BCUT2D eigenvalue weighted by atomic mass is 15.0. The van der Waals surface area contributed by atoms with Gasteiger partial charge in [0, 0.05) is 49.6 Å². The molecule has 0 amide bonds. The fourth-order valence-corrected chi connectivity index (χ4v) is 9.34. The summed E-state index contributed by atoms with van der Waals surface area (Å²) in [4.78, 5) is 9.94. The van der Waals surface area contributed by atoms with Crippen LogP contribution in [0.2, 0.25) is 0 Å². The van der Waals surface area contributed by atoms with Crippen molar-refractivity contribution in [2.75, 3.05) is 0 Å². The van der Waals surface area contributed by atoms with E-state index in [4.69, 9.17) is 9.97 Å². The maximum atomic E-state index is 10.4. The number of benzene rings is 9. The fraction of sp³-hybridized carbons (Fsp3) is 0. The standard InChI is InChI=1S/C59H37N5/c60-38-45-35-44(29-33-48(45)40-23-25-42(26-24-40)54-37-53(41-13-3-1-4-14-41)61-59(62-54)43-15-5-2-6-16-43)39-27-30-46(31-28-39)63-57-22-12-9-19-51(57)52-36-47(32-34-58(52)63)64-55-20-10-7-17-49(55)50-18-8-11-21-56(50)64/h1-37H. The highest BCUT2D eigenvalue weighted by Gasteiger charge is 2.17. The van der Waals surface area contributed by atoms with Gasteiger partial charge in [-0.15, -0.1) is 0 Å². The molecule has 0 fully saturated rings. The van der Waals surface area contributed by atoms with E-state index in [2.05, 4.69) is 179 Å². The first kappa shape index (κ1) is 37.0. The first-order chi connectivity index (χ1) is 31.7. The van der Waals surface area contributed by atoms with E-state index in [1.807, 2.05) is 60.7 Å². The second-order valence-corrected chi connectivity index (χ2v) is 16.1. The molecule has 64 heavy (non-hydrogen) atoms. The summed E-state index contributed by atoms with van der Waals surface area (Å²) in [6.45, 7) is 0. The quantitative estimate of drug-likeness (QED) is 0.161. The summed E-state index contributed by atoms with van der Waals surface area (Å²) in [6, 6.07) is 80.7. The van der Waals surface area contributed by atoms with Crippen molar-refractivity contribution in [3.63, 3.8) is 0 Å². The van der Waals surface area contributed by atoms with Crippen LogP contribution in [0.5, 0.6) is 0 Å². The Labute approximate surface area is 370 Å². The van der Waals surface area contributed by atoms with Crippen LogP contribution in [-0.2, 0) is 0 Å². The minimum atomic E-state index is 0.621. The molecule has 0 saturated heterocycles. The summed E-state index contributed by atoms with van der Waals surface area (Å²) in [7, 11) is 0. The average Bonchev–Trinajstić information content (AvgIpc) is 3.89. The van der Waals surface area contributed by atoms with Gasteiger partial charge < -0.3 is 9.13 Å². The molecule has 0 radical (unpaired) electrons. The molecule has 12 rings (SSSR count). The van der Waals surface area contributed by atoms with Crippen LogP contribution in [0.4, 0.5) is 0 Å². The topological polar surface area (TPSA) is 59.4 Å². The molecule has 0 bridgehead atoms. The smallest absolute Gasteiger partial charge is 0.160 e. The minimum Gasteiger partial charge on any atom is -0.309 e. The molecule has 0 atom stereocenters. The predicted octanol–water partition coefficient (Wildman–Crippen LogP) is 14.9. The maximum Gasteiger partial charge on any atom is 0.160 e. The van der Waals surface area contributed by atoms with E-state index in [1.165, 1.54) is 32.6 Å². The second-order valence-electron chi connectivity index (χ2n) is 16.1. The zero-order chi connectivity index (χ0) is 42.6. The third-order valence-electron chi connectivity index (χ3n) is 12.4. The lowest BCUT2D eigenvalue weighted by atomic mass is 9.94.